The van der Waals surface area contributed by atoms with Crippen LogP contribution in [0.2, 0.25) is 0 Å². The van der Waals surface area contributed by atoms with Crippen molar-refractivity contribution in [1.29, 1.82) is 0 Å². The Bertz CT molecular complexity index is 476. The standard InChI is InChI=1S/C11H13N3O/c1-2-3-6-14-12-10-5-4-9(8-15)7-11(10)13-14/h2,4-5,7,15H,1,3,6,8H2. The van der Waals surface area contributed by atoms with Crippen molar-refractivity contribution in [2.75, 3.05) is 0 Å². The molecule has 0 fully saturated rings. The monoisotopic (exact) mass is 203 g/mol. The Labute approximate surface area is 87.8 Å². The average molecular weight is 203 g/mol. The molecule has 1 N–H and O–H groups in total. The first-order valence-corrected chi connectivity index (χ1v) is 4.89. The third-order valence-corrected chi connectivity index (χ3v) is 2.20. The second-order valence-electron chi connectivity index (χ2n) is 3.35. The molecule has 78 valence electrons. The molecule has 4 heteroatoms. The minimum absolute atomic E-state index is 0.0372. The predicted octanol–water partition coefficient (Wildman–Crippen LogP) is 1.50. The summed E-state index contributed by atoms with van der Waals surface area (Å²) in [4.78, 5) is 1.66. The number of rotatable bonds is 4. The van der Waals surface area contributed by atoms with Crippen LogP contribution >= 0.6 is 0 Å². The van der Waals surface area contributed by atoms with Crippen LogP contribution in [0, 0.1) is 0 Å². The van der Waals surface area contributed by atoms with Crippen LogP contribution in [0.4, 0.5) is 0 Å². The Morgan fingerprint density at radius 1 is 1.33 bits per heavy atom. The fraction of sp³-hybridized carbons (Fsp3) is 0.273. The summed E-state index contributed by atoms with van der Waals surface area (Å²) in [5, 5.41) is 17.6. The molecule has 1 aromatic heterocycles. The molecule has 0 unspecified atom stereocenters. The van der Waals surface area contributed by atoms with Gasteiger partial charge in [-0.1, -0.05) is 12.1 Å². The Morgan fingerprint density at radius 2 is 2.13 bits per heavy atom. The number of nitrogens with zero attached hydrogens (tertiary/aromatic N) is 3. The summed E-state index contributed by atoms with van der Waals surface area (Å²) in [5.41, 5.74) is 2.54. The first-order chi connectivity index (χ1) is 7.33. The molecular formula is C11H13N3O. The first-order valence-electron chi connectivity index (χ1n) is 4.89. The van der Waals surface area contributed by atoms with Gasteiger partial charge in [0, 0.05) is 0 Å². The Kier molecular flexibility index (Phi) is 2.78. The quantitative estimate of drug-likeness (QED) is 0.766. The third kappa shape index (κ3) is 2.05. The third-order valence-electron chi connectivity index (χ3n) is 2.20. The number of aliphatic hydroxyl groups excluding tert-OH is 1. The summed E-state index contributed by atoms with van der Waals surface area (Å²) in [5.74, 6) is 0. The highest BCUT2D eigenvalue weighted by atomic mass is 16.3. The number of hydrogen-bond donors (Lipinski definition) is 1. The largest absolute Gasteiger partial charge is 0.392 e. The normalized spacial score (nSPS) is 10.7. The molecular weight excluding hydrogens is 190 g/mol. The van der Waals surface area contributed by atoms with Crippen LogP contribution < -0.4 is 0 Å². The zero-order valence-electron chi connectivity index (χ0n) is 8.43. The Balaban J connectivity index is 2.33. The van der Waals surface area contributed by atoms with E-state index in [0.29, 0.717) is 0 Å². The summed E-state index contributed by atoms with van der Waals surface area (Å²) in [7, 11) is 0. The topological polar surface area (TPSA) is 50.9 Å². The number of aliphatic hydroxyl groups is 1. The maximum Gasteiger partial charge on any atom is 0.113 e. The van der Waals surface area contributed by atoms with Gasteiger partial charge < -0.3 is 5.11 Å². The smallest absolute Gasteiger partial charge is 0.113 e. The lowest BCUT2D eigenvalue weighted by Crippen LogP contribution is -2.00. The van der Waals surface area contributed by atoms with E-state index in [4.69, 9.17) is 5.11 Å². The molecule has 0 saturated carbocycles. The minimum Gasteiger partial charge on any atom is -0.392 e. The highest BCUT2D eigenvalue weighted by Gasteiger charge is 2.02. The van der Waals surface area contributed by atoms with Crippen molar-refractivity contribution in [3.05, 3.63) is 36.4 Å². The second-order valence-corrected chi connectivity index (χ2v) is 3.35. The lowest BCUT2D eigenvalue weighted by atomic mass is 10.2. The van der Waals surface area contributed by atoms with E-state index in [1.807, 2.05) is 24.3 Å². The molecule has 1 heterocycles. The van der Waals surface area contributed by atoms with E-state index in [1.165, 1.54) is 0 Å². The van der Waals surface area contributed by atoms with Gasteiger partial charge in [-0.3, -0.25) is 0 Å². The molecule has 1 aromatic carbocycles. The van der Waals surface area contributed by atoms with Gasteiger partial charge in [-0.15, -0.1) is 6.58 Å². The van der Waals surface area contributed by atoms with Crippen LogP contribution in [0.15, 0.2) is 30.9 Å². The van der Waals surface area contributed by atoms with Gasteiger partial charge >= 0.3 is 0 Å². The zero-order chi connectivity index (χ0) is 10.7. The first kappa shape index (κ1) is 9.86. The molecule has 0 aliphatic carbocycles. The maximum absolute atomic E-state index is 8.98. The van der Waals surface area contributed by atoms with Crippen LogP contribution in [-0.4, -0.2) is 20.1 Å². The summed E-state index contributed by atoms with van der Waals surface area (Å²) in [6.45, 7) is 4.43. The van der Waals surface area contributed by atoms with Crippen molar-refractivity contribution in [3.63, 3.8) is 0 Å². The fourth-order valence-electron chi connectivity index (χ4n) is 1.41. The molecule has 15 heavy (non-hydrogen) atoms. The molecule has 0 amide bonds. The van der Waals surface area contributed by atoms with Crippen molar-refractivity contribution < 1.29 is 5.11 Å². The fourth-order valence-corrected chi connectivity index (χ4v) is 1.41. The summed E-state index contributed by atoms with van der Waals surface area (Å²) >= 11 is 0. The van der Waals surface area contributed by atoms with Gasteiger partial charge in [0.2, 0.25) is 0 Å². The van der Waals surface area contributed by atoms with Gasteiger partial charge in [0.05, 0.1) is 13.2 Å². The molecule has 0 aliphatic rings. The molecule has 0 spiro atoms. The highest BCUT2D eigenvalue weighted by Crippen LogP contribution is 2.11. The molecule has 2 rings (SSSR count). The van der Waals surface area contributed by atoms with E-state index in [-0.39, 0.29) is 6.61 Å². The number of hydrogen-bond acceptors (Lipinski definition) is 3. The van der Waals surface area contributed by atoms with Crippen molar-refractivity contribution in [3.8, 4) is 0 Å². The number of aryl methyl sites for hydroxylation is 1. The van der Waals surface area contributed by atoms with Crippen molar-refractivity contribution >= 4 is 11.0 Å². The van der Waals surface area contributed by atoms with Crippen LogP contribution in [-0.2, 0) is 13.2 Å². The average Bonchev–Trinajstić information content (AvgIpc) is 2.67. The van der Waals surface area contributed by atoms with Gasteiger partial charge in [-0.05, 0) is 24.1 Å². The van der Waals surface area contributed by atoms with E-state index in [9.17, 15) is 0 Å². The van der Waals surface area contributed by atoms with E-state index >= 15 is 0 Å². The number of allylic oxidation sites excluding steroid dienone is 1. The predicted molar refractivity (Wildman–Crippen MR) is 58.3 cm³/mol. The zero-order valence-corrected chi connectivity index (χ0v) is 8.43. The van der Waals surface area contributed by atoms with E-state index < -0.39 is 0 Å². The van der Waals surface area contributed by atoms with E-state index in [2.05, 4.69) is 16.8 Å². The van der Waals surface area contributed by atoms with E-state index in [0.717, 1.165) is 29.6 Å². The van der Waals surface area contributed by atoms with Crippen molar-refractivity contribution in [1.82, 2.24) is 15.0 Å². The maximum atomic E-state index is 8.98. The van der Waals surface area contributed by atoms with Gasteiger partial charge in [0.1, 0.15) is 11.0 Å². The van der Waals surface area contributed by atoms with Gasteiger partial charge in [0.25, 0.3) is 0 Å². The SMILES string of the molecule is C=CCCn1nc2ccc(CO)cc2n1. The van der Waals surface area contributed by atoms with Crippen LogP contribution in [0.1, 0.15) is 12.0 Å². The van der Waals surface area contributed by atoms with Gasteiger partial charge in [0.15, 0.2) is 0 Å². The lowest BCUT2D eigenvalue weighted by Gasteiger charge is -1.92. The van der Waals surface area contributed by atoms with Crippen LogP contribution in [0.3, 0.4) is 0 Å². The molecule has 0 saturated heterocycles. The molecule has 0 aliphatic heterocycles. The van der Waals surface area contributed by atoms with Crippen LogP contribution in [0.5, 0.6) is 0 Å². The lowest BCUT2D eigenvalue weighted by molar-refractivity contribution is 0.282. The Hall–Kier alpha value is -1.68. The van der Waals surface area contributed by atoms with Gasteiger partial charge in [-0.25, -0.2) is 0 Å². The number of benzene rings is 1. The molecule has 2 aromatic rings. The summed E-state index contributed by atoms with van der Waals surface area (Å²) in [6, 6.07) is 5.58. The molecule has 4 nitrogen and oxygen atoms in total. The van der Waals surface area contributed by atoms with E-state index in [1.54, 1.807) is 4.80 Å². The summed E-state index contributed by atoms with van der Waals surface area (Å²) < 4.78 is 0. The Morgan fingerprint density at radius 3 is 2.87 bits per heavy atom. The van der Waals surface area contributed by atoms with Crippen molar-refractivity contribution in [2.24, 2.45) is 0 Å². The summed E-state index contributed by atoms with van der Waals surface area (Å²) in [6.07, 6.45) is 2.70. The minimum atomic E-state index is 0.0372. The van der Waals surface area contributed by atoms with Gasteiger partial charge in [-0.2, -0.15) is 15.0 Å². The molecule has 0 atom stereocenters. The second kappa shape index (κ2) is 4.23. The molecule has 0 radical (unpaired) electrons. The number of fused-ring (bicyclic) bond motifs is 1. The van der Waals surface area contributed by atoms with Crippen molar-refractivity contribution in [2.45, 2.75) is 19.6 Å². The molecule has 0 bridgehead atoms. The highest BCUT2D eigenvalue weighted by molar-refractivity contribution is 5.74. The van der Waals surface area contributed by atoms with Crippen LogP contribution in [0.25, 0.3) is 11.0 Å². The number of aromatic nitrogens is 3.